The van der Waals surface area contributed by atoms with Crippen molar-refractivity contribution in [2.75, 3.05) is 6.54 Å². The van der Waals surface area contributed by atoms with Crippen molar-refractivity contribution in [2.24, 2.45) is 0 Å². The molecule has 0 aliphatic carbocycles. The summed E-state index contributed by atoms with van der Waals surface area (Å²) in [6.07, 6.45) is 0. The maximum Gasteiger partial charge on any atom is 0.0848 e. The van der Waals surface area contributed by atoms with Gasteiger partial charge in [-0.1, -0.05) is 40.5 Å². The topological polar surface area (TPSA) is 29.9 Å². The number of nitrogens with zero attached hydrogens (tertiary/aromatic N) is 2. The number of halogens is 2. The Morgan fingerprint density at radius 2 is 2.11 bits per heavy atom. The lowest BCUT2D eigenvalue weighted by molar-refractivity contribution is 0.724. The van der Waals surface area contributed by atoms with Crippen molar-refractivity contribution in [3.63, 3.8) is 0 Å². The third-order valence-corrected chi connectivity index (χ3v) is 4.33. The molecule has 0 aliphatic heterocycles. The first-order chi connectivity index (χ1) is 9.04. The molecule has 1 aromatic carbocycles. The van der Waals surface area contributed by atoms with Crippen LogP contribution in [0, 0.1) is 13.8 Å². The van der Waals surface area contributed by atoms with Crippen LogP contribution in [0.3, 0.4) is 0 Å². The molecule has 0 radical (unpaired) electrons. The van der Waals surface area contributed by atoms with Crippen molar-refractivity contribution in [1.82, 2.24) is 15.1 Å². The Kier molecular flexibility index (Phi) is 4.66. The SMILES string of the molecule is CCNCc1ccc(-n2nc(C)c(Cl)c2C)cc1Br. The minimum Gasteiger partial charge on any atom is -0.313 e. The van der Waals surface area contributed by atoms with Gasteiger partial charge in [0.05, 0.1) is 22.1 Å². The lowest BCUT2D eigenvalue weighted by atomic mass is 10.2. The first kappa shape index (κ1) is 14.6. The molecule has 0 aliphatic rings. The summed E-state index contributed by atoms with van der Waals surface area (Å²) in [4.78, 5) is 0. The normalized spacial score (nSPS) is 11.0. The third kappa shape index (κ3) is 3.02. The summed E-state index contributed by atoms with van der Waals surface area (Å²) in [6, 6.07) is 6.24. The third-order valence-electron chi connectivity index (χ3n) is 3.05. The Morgan fingerprint density at radius 1 is 1.37 bits per heavy atom. The molecule has 0 amide bonds. The average molecular weight is 343 g/mol. The van der Waals surface area contributed by atoms with Gasteiger partial charge in [0.2, 0.25) is 0 Å². The fourth-order valence-corrected chi connectivity index (χ4v) is 2.57. The number of rotatable bonds is 4. The van der Waals surface area contributed by atoms with Crippen LogP contribution in [0.25, 0.3) is 5.69 Å². The second-order valence-electron chi connectivity index (χ2n) is 4.45. The smallest absolute Gasteiger partial charge is 0.0848 e. The highest BCUT2D eigenvalue weighted by molar-refractivity contribution is 9.10. The minimum atomic E-state index is 0.729. The zero-order valence-corrected chi connectivity index (χ0v) is 13.6. The molecule has 0 saturated heterocycles. The highest BCUT2D eigenvalue weighted by Crippen LogP contribution is 2.25. The van der Waals surface area contributed by atoms with Crippen molar-refractivity contribution in [3.8, 4) is 5.69 Å². The maximum atomic E-state index is 6.18. The van der Waals surface area contributed by atoms with Crippen LogP contribution in [-0.2, 0) is 6.54 Å². The van der Waals surface area contributed by atoms with Gasteiger partial charge in [0.15, 0.2) is 0 Å². The van der Waals surface area contributed by atoms with Gasteiger partial charge in [0, 0.05) is 11.0 Å². The molecule has 1 N–H and O–H groups in total. The van der Waals surface area contributed by atoms with Gasteiger partial charge in [-0.3, -0.25) is 0 Å². The van der Waals surface area contributed by atoms with E-state index in [1.165, 1.54) is 5.56 Å². The quantitative estimate of drug-likeness (QED) is 0.909. The van der Waals surface area contributed by atoms with E-state index in [1.807, 2.05) is 18.5 Å². The van der Waals surface area contributed by atoms with Gasteiger partial charge in [0.25, 0.3) is 0 Å². The standard InChI is InChI=1S/C14H17BrClN3/c1-4-17-8-11-5-6-12(7-13(11)15)19-10(3)14(16)9(2)18-19/h5-7,17H,4,8H2,1-3H3. The minimum absolute atomic E-state index is 0.729. The van der Waals surface area contributed by atoms with Gasteiger partial charge in [-0.15, -0.1) is 0 Å². The molecular weight excluding hydrogens is 326 g/mol. The second-order valence-corrected chi connectivity index (χ2v) is 5.68. The maximum absolute atomic E-state index is 6.18. The Morgan fingerprint density at radius 3 is 2.63 bits per heavy atom. The van der Waals surface area contributed by atoms with E-state index in [-0.39, 0.29) is 0 Å². The summed E-state index contributed by atoms with van der Waals surface area (Å²) in [7, 11) is 0. The molecule has 5 heteroatoms. The Balaban J connectivity index is 2.36. The van der Waals surface area contributed by atoms with E-state index in [0.717, 1.165) is 39.7 Å². The molecule has 3 nitrogen and oxygen atoms in total. The van der Waals surface area contributed by atoms with E-state index < -0.39 is 0 Å². The van der Waals surface area contributed by atoms with Crippen LogP contribution in [0.1, 0.15) is 23.9 Å². The highest BCUT2D eigenvalue weighted by Gasteiger charge is 2.11. The summed E-state index contributed by atoms with van der Waals surface area (Å²) < 4.78 is 2.95. The predicted molar refractivity (Wildman–Crippen MR) is 83.1 cm³/mol. The van der Waals surface area contributed by atoms with E-state index in [4.69, 9.17) is 11.6 Å². The molecule has 0 bridgehead atoms. The van der Waals surface area contributed by atoms with Gasteiger partial charge in [-0.05, 0) is 38.1 Å². The average Bonchev–Trinajstić information content (AvgIpc) is 2.65. The zero-order chi connectivity index (χ0) is 14.0. The van der Waals surface area contributed by atoms with Crippen LogP contribution >= 0.6 is 27.5 Å². The molecule has 0 unspecified atom stereocenters. The summed E-state index contributed by atoms with van der Waals surface area (Å²) in [5.41, 5.74) is 4.07. The van der Waals surface area contributed by atoms with Crippen LogP contribution in [0.15, 0.2) is 22.7 Å². The second kappa shape index (κ2) is 6.07. The fourth-order valence-electron chi connectivity index (χ4n) is 1.95. The van der Waals surface area contributed by atoms with Crippen molar-refractivity contribution in [3.05, 3.63) is 44.6 Å². The van der Waals surface area contributed by atoms with Crippen LogP contribution < -0.4 is 5.32 Å². The fraction of sp³-hybridized carbons (Fsp3) is 0.357. The number of hydrogen-bond acceptors (Lipinski definition) is 2. The summed E-state index contributed by atoms with van der Waals surface area (Å²) in [6.45, 7) is 7.81. The Bertz CT molecular complexity index is 593. The number of aromatic nitrogens is 2. The number of nitrogens with one attached hydrogen (secondary N) is 1. The van der Waals surface area contributed by atoms with Crippen molar-refractivity contribution >= 4 is 27.5 Å². The molecule has 2 rings (SSSR count). The first-order valence-corrected chi connectivity index (χ1v) is 7.43. The molecule has 0 atom stereocenters. The number of aryl methyl sites for hydroxylation is 1. The monoisotopic (exact) mass is 341 g/mol. The van der Waals surface area contributed by atoms with E-state index >= 15 is 0 Å². The predicted octanol–water partition coefficient (Wildman–Crippen LogP) is 4.01. The molecule has 0 saturated carbocycles. The summed E-state index contributed by atoms with van der Waals surface area (Å²) in [5.74, 6) is 0. The van der Waals surface area contributed by atoms with E-state index in [2.05, 4.69) is 51.5 Å². The van der Waals surface area contributed by atoms with E-state index in [1.54, 1.807) is 0 Å². The lowest BCUT2D eigenvalue weighted by Crippen LogP contribution is -2.12. The van der Waals surface area contributed by atoms with Crippen molar-refractivity contribution in [1.29, 1.82) is 0 Å². The van der Waals surface area contributed by atoms with Gasteiger partial charge >= 0.3 is 0 Å². The van der Waals surface area contributed by atoms with Crippen LogP contribution in [0.2, 0.25) is 5.02 Å². The number of benzene rings is 1. The molecule has 0 fully saturated rings. The van der Waals surface area contributed by atoms with Crippen molar-refractivity contribution < 1.29 is 0 Å². The van der Waals surface area contributed by atoms with E-state index in [9.17, 15) is 0 Å². The Labute approximate surface area is 127 Å². The molecule has 102 valence electrons. The molecule has 1 heterocycles. The first-order valence-electron chi connectivity index (χ1n) is 6.25. The molecule has 19 heavy (non-hydrogen) atoms. The van der Waals surface area contributed by atoms with Gasteiger partial charge in [-0.2, -0.15) is 5.10 Å². The summed E-state index contributed by atoms with van der Waals surface area (Å²) >= 11 is 9.79. The Hall–Kier alpha value is -0.840. The van der Waals surface area contributed by atoms with Crippen molar-refractivity contribution in [2.45, 2.75) is 27.3 Å². The van der Waals surface area contributed by atoms with Gasteiger partial charge in [-0.25, -0.2) is 4.68 Å². The summed E-state index contributed by atoms with van der Waals surface area (Å²) in [5, 5.41) is 8.51. The molecule has 1 aromatic heterocycles. The van der Waals surface area contributed by atoms with Gasteiger partial charge < -0.3 is 5.32 Å². The van der Waals surface area contributed by atoms with Crippen LogP contribution in [-0.4, -0.2) is 16.3 Å². The van der Waals surface area contributed by atoms with Crippen LogP contribution in [0.4, 0.5) is 0 Å². The number of hydrogen-bond donors (Lipinski definition) is 1. The lowest BCUT2D eigenvalue weighted by Gasteiger charge is -2.09. The van der Waals surface area contributed by atoms with Gasteiger partial charge in [0.1, 0.15) is 0 Å². The zero-order valence-electron chi connectivity index (χ0n) is 11.3. The highest BCUT2D eigenvalue weighted by atomic mass is 79.9. The van der Waals surface area contributed by atoms with E-state index in [0.29, 0.717) is 0 Å². The largest absolute Gasteiger partial charge is 0.313 e. The molecule has 0 spiro atoms. The molecule has 2 aromatic rings. The molecular formula is C14H17BrClN3. The van der Waals surface area contributed by atoms with Crippen LogP contribution in [0.5, 0.6) is 0 Å².